The number of methoxy groups -OCH3 is 2. The zero-order chi connectivity index (χ0) is 72.1. The lowest BCUT2D eigenvalue weighted by Crippen LogP contribution is -2.49. The number of rotatable bonds is 38. The Bertz CT molecular complexity index is 3260. The molecule has 5 rings (SSSR count). The van der Waals surface area contributed by atoms with E-state index in [4.69, 9.17) is 76.3 Å². The second-order valence-corrected chi connectivity index (χ2v) is 31.1. The molecule has 2 aromatic heterocycles. The Kier molecular flexibility index (Phi) is 34.3. The number of H-pyrrole nitrogens is 1. The number of aromatic nitrogens is 4. The summed E-state index contributed by atoms with van der Waals surface area (Å²) in [6.45, 7) is 40.3. The Morgan fingerprint density at radius 3 is 1.59 bits per heavy atom. The lowest BCUT2D eigenvalue weighted by Gasteiger charge is -2.40. The van der Waals surface area contributed by atoms with Crippen molar-refractivity contribution >= 4 is 35.7 Å². The van der Waals surface area contributed by atoms with Crippen molar-refractivity contribution in [3.8, 4) is 0 Å². The molecule has 0 bridgehead atoms. The Hall–Kier alpha value is -4.66. The number of aryl methyl sites for hydroxylation is 2. The van der Waals surface area contributed by atoms with Gasteiger partial charge in [-0.3, -0.25) is 42.4 Å². The van der Waals surface area contributed by atoms with Crippen LogP contribution in [-0.4, -0.2) is 180 Å². The first-order valence-electron chi connectivity index (χ1n) is 32.3. The molecule has 2 saturated heterocycles. The zero-order valence-corrected chi connectivity index (χ0v) is 62.2. The molecule has 96 heavy (non-hydrogen) atoms. The minimum Gasteiger partial charge on any atom is -0.459 e. The van der Waals surface area contributed by atoms with Crippen LogP contribution in [0.4, 0.5) is 0 Å². The highest BCUT2D eigenvalue weighted by atomic mass is 31.2. The highest BCUT2D eigenvalue weighted by molar-refractivity contribution is 7.55. The van der Waals surface area contributed by atoms with E-state index in [0.717, 1.165) is 10.1 Å². The number of nitrogens with one attached hydrogen (secondary N) is 1. The highest BCUT2D eigenvalue weighted by Gasteiger charge is 2.58. The fourth-order valence-corrected chi connectivity index (χ4v) is 17.1. The maximum absolute atomic E-state index is 14.6. The number of nitrogens with zero attached hydrogens (tertiary/aromatic N) is 5. The standard InChI is InChI=1S/C32H56N4O12P2.C32H49N2O11P/c1-19(2)36(20(3)4)49(43-15-14-33-12)46-28-27(26(44-25(11)37)24(10)50(40,47-21(5)6)48-22(7)8)45-31(29(28)42-17-16-41-13)35-18-23(9)30(38)34-32(35)39;1-20(2)44-46(38,45-21(3)4)24(7)29(42-25(8)35)27-23(6)28(41-16-15-39-9)31(43-27)33-17-22(5)30(36)34(32(33)37)19-40-18-26-13-11-10-12-14-26/h18-22,24,26-29,31H,14-17H2,1-11,13H3,(H,34,38,39);10-14,17,20-21,23-24,27-29,31H,15-16,18-19H2,1-9H3/t24-,26-,27-,28-,29-,31-,49?;23-,24-,27+,28-,29-,31-/m11/s1. The van der Waals surface area contributed by atoms with Gasteiger partial charge in [0.15, 0.2) is 12.5 Å². The SMILES string of the molecule is COCCO[C@@H]1[C@H](C)[C@@H]([C@H](OC(C)=O)[C@@H](C)P(=O)(OC(C)C)OC(C)C)O[C@H]1n1cc(C)c(=O)n(COCc2ccccc2)c1=O.[C-]#[N+]CCOP(O[C@@H]1[C@@H]([C@H](OC(C)=O)[C@@H](C)P(=O)(OC(C)C)OC(C)C)O[C@@H](n2cc(C)c(=O)[nH]c2=O)[C@@H]1OCCOC)N(C(C)C)C(C)C. The molecule has 2 fully saturated rings. The lowest BCUT2D eigenvalue weighted by molar-refractivity contribution is -0.160. The Labute approximate surface area is 565 Å². The molecular weight excluding hydrogens is 1310 g/mol. The van der Waals surface area contributed by atoms with E-state index in [2.05, 4.69) is 9.83 Å². The van der Waals surface area contributed by atoms with Crippen LogP contribution in [0.1, 0.15) is 147 Å². The topological polar surface area (TPSA) is 313 Å². The van der Waals surface area contributed by atoms with E-state index in [1.165, 1.54) is 56.5 Å². The molecule has 1 N–H and O–H groups in total. The van der Waals surface area contributed by atoms with Gasteiger partial charge in [0, 0.05) is 69.6 Å². The van der Waals surface area contributed by atoms with Crippen molar-refractivity contribution in [2.75, 3.05) is 53.8 Å². The van der Waals surface area contributed by atoms with Crippen LogP contribution in [0, 0.1) is 26.3 Å². The molecule has 1 aromatic carbocycles. The van der Waals surface area contributed by atoms with Crippen molar-refractivity contribution in [3.63, 3.8) is 0 Å². The molecule has 0 radical (unpaired) electrons. The molecule has 3 aromatic rings. The molecule has 0 aliphatic carbocycles. The number of carbonyl (C=O) groups excluding carboxylic acids is 2. The van der Waals surface area contributed by atoms with E-state index < -0.39 is 155 Å². The van der Waals surface area contributed by atoms with Crippen LogP contribution < -0.4 is 22.5 Å². The van der Waals surface area contributed by atoms with Crippen LogP contribution in [0.5, 0.6) is 0 Å². The number of benzene rings is 1. The first-order chi connectivity index (χ1) is 45.1. The molecular formula is C64H105N6O23P3. The summed E-state index contributed by atoms with van der Waals surface area (Å²) in [5.74, 6) is -1.82. The molecule has 13 atom stereocenters. The average Bonchev–Trinajstić information content (AvgIpc) is 1.57. The molecule has 4 heterocycles. The van der Waals surface area contributed by atoms with Gasteiger partial charge in [0.25, 0.3) is 19.6 Å². The van der Waals surface area contributed by atoms with Gasteiger partial charge in [0.05, 0.1) is 68.8 Å². The summed E-state index contributed by atoms with van der Waals surface area (Å²) < 4.78 is 124. The summed E-state index contributed by atoms with van der Waals surface area (Å²) in [7, 11) is -6.81. The first-order valence-corrected chi connectivity index (χ1v) is 36.7. The van der Waals surface area contributed by atoms with Gasteiger partial charge in [-0.1, -0.05) is 37.3 Å². The van der Waals surface area contributed by atoms with Crippen LogP contribution in [0.25, 0.3) is 4.85 Å². The van der Waals surface area contributed by atoms with Gasteiger partial charge in [0.2, 0.25) is 6.54 Å². The molecule has 2 aliphatic rings. The van der Waals surface area contributed by atoms with Crippen LogP contribution in [0.2, 0.25) is 0 Å². The summed E-state index contributed by atoms with van der Waals surface area (Å²) in [6, 6.07) is 9.23. The smallest absolute Gasteiger partial charge is 0.337 e. The van der Waals surface area contributed by atoms with E-state index in [1.54, 1.807) is 76.2 Å². The number of esters is 2. The minimum absolute atomic E-state index is 0.0402. The maximum Gasteiger partial charge on any atom is 0.337 e. The molecule has 0 spiro atoms. The number of hydrogen-bond donors (Lipinski definition) is 1. The number of ether oxygens (including phenoxy) is 9. The van der Waals surface area contributed by atoms with E-state index >= 15 is 0 Å². The van der Waals surface area contributed by atoms with Crippen LogP contribution >= 0.6 is 23.7 Å². The Morgan fingerprint density at radius 2 is 1.12 bits per heavy atom. The summed E-state index contributed by atoms with van der Waals surface area (Å²) in [5.41, 5.74) is -3.19. The number of carbonyl (C=O) groups is 2. The first kappa shape index (κ1) is 83.8. The molecule has 32 heteroatoms. The van der Waals surface area contributed by atoms with Gasteiger partial charge in [-0.25, -0.2) is 25.4 Å². The molecule has 29 nitrogen and oxygen atoms in total. The molecule has 1 unspecified atom stereocenters. The number of aromatic amines is 1. The van der Waals surface area contributed by atoms with Gasteiger partial charge in [-0.2, -0.15) is 0 Å². The van der Waals surface area contributed by atoms with Crippen molar-refractivity contribution in [2.24, 2.45) is 5.92 Å². The molecule has 0 saturated carbocycles. The van der Waals surface area contributed by atoms with E-state index in [9.17, 15) is 37.9 Å². The third-order valence-electron chi connectivity index (χ3n) is 14.9. The van der Waals surface area contributed by atoms with Crippen molar-refractivity contribution in [1.82, 2.24) is 23.4 Å². The second kappa shape index (κ2) is 39.4. The minimum atomic E-state index is -4.04. The van der Waals surface area contributed by atoms with Gasteiger partial charge in [-0.05, 0) is 116 Å². The van der Waals surface area contributed by atoms with Crippen molar-refractivity contribution in [1.29, 1.82) is 0 Å². The molecule has 0 amide bonds. The molecule has 544 valence electrons. The zero-order valence-electron chi connectivity index (χ0n) is 59.6. The highest BCUT2D eigenvalue weighted by Crippen LogP contribution is 2.60. The second-order valence-electron chi connectivity index (χ2n) is 25.1. The Morgan fingerprint density at radius 1 is 0.656 bits per heavy atom. The van der Waals surface area contributed by atoms with Crippen LogP contribution in [-0.2, 0) is 102 Å². The van der Waals surface area contributed by atoms with Gasteiger partial charge >= 0.3 is 38.5 Å². The van der Waals surface area contributed by atoms with Gasteiger partial charge in [-0.15, -0.1) is 0 Å². The predicted molar refractivity (Wildman–Crippen MR) is 359 cm³/mol. The average molecular weight is 1420 g/mol. The third-order valence-corrected chi connectivity index (χ3v) is 22.5. The largest absolute Gasteiger partial charge is 0.459 e. The summed E-state index contributed by atoms with van der Waals surface area (Å²) in [6.07, 6.45) is -9.03. The van der Waals surface area contributed by atoms with E-state index in [-0.39, 0.29) is 76.1 Å². The van der Waals surface area contributed by atoms with Crippen molar-refractivity contribution in [2.45, 2.75) is 248 Å². The quantitative estimate of drug-likeness (QED) is 0.0242. The van der Waals surface area contributed by atoms with Gasteiger partial charge < -0.3 is 74.6 Å². The van der Waals surface area contributed by atoms with Gasteiger partial charge in [0.1, 0.15) is 56.1 Å². The predicted octanol–water partition coefficient (Wildman–Crippen LogP) is 9.23. The third kappa shape index (κ3) is 23.5. The van der Waals surface area contributed by atoms with Crippen LogP contribution in [0.3, 0.4) is 0 Å². The lowest BCUT2D eigenvalue weighted by atomic mass is 9.94. The van der Waals surface area contributed by atoms with Crippen LogP contribution in [0.15, 0.2) is 61.9 Å². The summed E-state index contributed by atoms with van der Waals surface area (Å²) in [5, 5.41) is 0. The fraction of sp³-hybridized carbons (Fsp3) is 0.734. The molecule has 2 aliphatic heterocycles. The fourth-order valence-electron chi connectivity index (χ4n) is 10.9. The summed E-state index contributed by atoms with van der Waals surface area (Å²) >= 11 is 0. The summed E-state index contributed by atoms with van der Waals surface area (Å²) in [4.78, 5) is 83.5. The maximum atomic E-state index is 14.6. The monoisotopic (exact) mass is 1420 g/mol. The number of hydrogen-bond acceptors (Lipinski definition) is 24. The Balaban J connectivity index is 0.000000410. The normalized spacial score (nSPS) is 21.6. The van der Waals surface area contributed by atoms with E-state index in [0.29, 0.717) is 0 Å². The van der Waals surface area contributed by atoms with E-state index in [1.807, 2.05) is 69.6 Å². The van der Waals surface area contributed by atoms with Crippen molar-refractivity contribution in [3.05, 3.63) is 113 Å². The van der Waals surface area contributed by atoms with Crippen molar-refractivity contribution < 1.29 is 88.5 Å².